The zero-order chi connectivity index (χ0) is 24.9. The van der Waals surface area contributed by atoms with Crippen molar-refractivity contribution in [3.05, 3.63) is 46.9 Å². The van der Waals surface area contributed by atoms with E-state index >= 15 is 0 Å². The summed E-state index contributed by atoms with van der Waals surface area (Å²) in [6, 6.07) is 2.01. The minimum Gasteiger partial charge on any atom is -0.491 e. The van der Waals surface area contributed by atoms with Crippen LogP contribution in [0.2, 0.25) is 0 Å². The van der Waals surface area contributed by atoms with Gasteiger partial charge in [0.25, 0.3) is 11.8 Å². The summed E-state index contributed by atoms with van der Waals surface area (Å²) in [6.07, 6.45) is -8.43. The molecule has 0 aliphatic carbocycles. The smallest absolute Gasteiger partial charge is 0.416 e. The van der Waals surface area contributed by atoms with Gasteiger partial charge in [0.1, 0.15) is 29.5 Å². The summed E-state index contributed by atoms with van der Waals surface area (Å²) in [4.78, 5) is 32.1. The van der Waals surface area contributed by atoms with Crippen LogP contribution in [0.3, 0.4) is 0 Å². The van der Waals surface area contributed by atoms with Crippen LogP contribution >= 0.6 is 0 Å². The highest BCUT2D eigenvalue weighted by molar-refractivity contribution is 6.11. The summed E-state index contributed by atoms with van der Waals surface area (Å²) in [5.74, 6) is -3.05. The molecule has 1 aromatic heterocycles. The summed E-state index contributed by atoms with van der Waals surface area (Å²) in [7, 11) is 0. The Labute approximate surface area is 191 Å². The SMILES string of the molecule is Cc1cc(C(F)(F)F)cc(N2C(=O)C(O)C(O)[C@H]2C(=O)N2CCCOc3c2ccc(F)c3C)n1. The van der Waals surface area contributed by atoms with Crippen molar-refractivity contribution in [1.29, 1.82) is 0 Å². The number of aryl methyl sites for hydroxylation is 1. The number of anilines is 2. The van der Waals surface area contributed by atoms with E-state index in [2.05, 4.69) is 4.98 Å². The minimum absolute atomic E-state index is 0.0628. The lowest BCUT2D eigenvalue weighted by atomic mass is 10.1. The van der Waals surface area contributed by atoms with E-state index in [1.807, 2.05) is 0 Å². The first-order valence-electron chi connectivity index (χ1n) is 10.4. The third-order valence-corrected chi connectivity index (χ3v) is 5.83. The van der Waals surface area contributed by atoms with Crippen molar-refractivity contribution < 1.29 is 42.1 Å². The molecule has 0 spiro atoms. The van der Waals surface area contributed by atoms with E-state index in [1.54, 1.807) is 0 Å². The van der Waals surface area contributed by atoms with Crippen LogP contribution in [0.15, 0.2) is 24.3 Å². The van der Waals surface area contributed by atoms with E-state index in [0.29, 0.717) is 17.4 Å². The highest BCUT2D eigenvalue weighted by Crippen LogP contribution is 2.38. The molecule has 182 valence electrons. The highest BCUT2D eigenvalue weighted by Gasteiger charge is 2.53. The molecule has 8 nitrogen and oxygen atoms in total. The van der Waals surface area contributed by atoms with Crippen molar-refractivity contribution >= 4 is 23.3 Å². The van der Waals surface area contributed by atoms with Crippen LogP contribution in [0.4, 0.5) is 29.1 Å². The number of hydrogen-bond donors (Lipinski definition) is 2. The van der Waals surface area contributed by atoms with Crippen LogP contribution in [-0.2, 0) is 15.8 Å². The lowest BCUT2D eigenvalue weighted by molar-refractivity contribution is -0.137. The number of pyridine rings is 1. The van der Waals surface area contributed by atoms with Gasteiger partial charge in [-0.25, -0.2) is 9.37 Å². The molecule has 12 heteroatoms. The van der Waals surface area contributed by atoms with E-state index < -0.39 is 53.4 Å². The summed E-state index contributed by atoms with van der Waals surface area (Å²) >= 11 is 0. The minimum atomic E-state index is -4.76. The molecule has 3 atom stereocenters. The molecular formula is C22H21F4N3O5. The number of hydrogen-bond acceptors (Lipinski definition) is 6. The number of alkyl halides is 3. The van der Waals surface area contributed by atoms with Gasteiger partial charge in [0.15, 0.2) is 6.10 Å². The summed E-state index contributed by atoms with van der Waals surface area (Å²) in [5.41, 5.74) is -0.869. The molecule has 1 aromatic carbocycles. The average Bonchev–Trinajstić information content (AvgIpc) is 2.92. The van der Waals surface area contributed by atoms with Gasteiger partial charge in [0.05, 0.1) is 17.9 Å². The Morgan fingerprint density at radius 3 is 2.59 bits per heavy atom. The Bertz CT molecular complexity index is 1160. The van der Waals surface area contributed by atoms with Gasteiger partial charge in [-0.2, -0.15) is 13.2 Å². The van der Waals surface area contributed by atoms with Crippen molar-refractivity contribution in [3.63, 3.8) is 0 Å². The molecule has 3 heterocycles. The first kappa shape index (κ1) is 23.9. The zero-order valence-electron chi connectivity index (χ0n) is 18.1. The maximum atomic E-state index is 14.1. The number of aliphatic hydroxyl groups is 2. The molecule has 2 unspecified atom stereocenters. The standard InChI is InChI=1S/C22H21F4N3O5/c1-10-8-12(22(24,25)26)9-15(27-10)29-16(17(30)18(31)21(29)33)20(32)28-6-3-7-34-19-11(2)13(23)4-5-14(19)28/h4-5,8-9,16-18,30-31H,3,6-7H2,1-2H3/t16-,17?,18?/m0/s1. The molecule has 34 heavy (non-hydrogen) atoms. The number of carbonyl (C=O) groups excluding carboxylic acids is 2. The average molecular weight is 483 g/mol. The fourth-order valence-electron chi connectivity index (χ4n) is 4.16. The van der Waals surface area contributed by atoms with Gasteiger partial charge < -0.3 is 19.8 Å². The van der Waals surface area contributed by atoms with Crippen LogP contribution in [0, 0.1) is 19.7 Å². The second-order valence-electron chi connectivity index (χ2n) is 8.15. The molecule has 2 aliphatic rings. The monoisotopic (exact) mass is 483 g/mol. The van der Waals surface area contributed by atoms with Crippen LogP contribution in [-0.4, -0.2) is 58.4 Å². The van der Waals surface area contributed by atoms with Gasteiger partial charge in [0, 0.05) is 17.8 Å². The molecular weight excluding hydrogens is 462 g/mol. The van der Waals surface area contributed by atoms with Crippen molar-refractivity contribution in [3.8, 4) is 5.75 Å². The lowest BCUT2D eigenvalue weighted by Crippen LogP contribution is -2.51. The van der Waals surface area contributed by atoms with Gasteiger partial charge >= 0.3 is 6.18 Å². The largest absolute Gasteiger partial charge is 0.491 e. The normalized spacial score (nSPS) is 22.9. The van der Waals surface area contributed by atoms with Gasteiger partial charge in [-0.1, -0.05) is 0 Å². The quantitative estimate of drug-likeness (QED) is 0.635. The fourth-order valence-corrected chi connectivity index (χ4v) is 4.16. The third-order valence-electron chi connectivity index (χ3n) is 5.83. The topological polar surface area (TPSA) is 103 Å². The van der Waals surface area contributed by atoms with Gasteiger partial charge in [-0.15, -0.1) is 0 Å². The Morgan fingerprint density at radius 2 is 1.91 bits per heavy atom. The molecule has 0 radical (unpaired) electrons. The number of nitrogens with zero attached hydrogens (tertiary/aromatic N) is 3. The first-order valence-corrected chi connectivity index (χ1v) is 10.4. The summed E-state index contributed by atoms with van der Waals surface area (Å²) in [6.45, 7) is 2.96. The molecule has 2 aliphatic heterocycles. The number of benzene rings is 1. The summed E-state index contributed by atoms with van der Waals surface area (Å²) < 4.78 is 59.8. The van der Waals surface area contributed by atoms with E-state index in [-0.39, 0.29) is 35.8 Å². The van der Waals surface area contributed by atoms with Crippen LogP contribution < -0.4 is 14.5 Å². The Kier molecular flexibility index (Phi) is 5.98. The van der Waals surface area contributed by atoms with Crippen LogP contribution in [0.1, 0.15) is 23.2 Å². The molecule has 1 saturated heterocycles. The number of aromatic nitrogens is 1. The van der Waals surface area contributed by atoms with Gasteiger partial charge in [-0.3, -0.25) is 14.5 Å². The Hall–Kier alpha value is -3.25. The van der Waals surface area contributed by atoms with Crippen molar-refractivity contribution in [2.45, 2.75) is 44.7 Å². The zero-order valence-corrected chi connectivity index (χ0v) is 18.1. The van der Waals surface area contributed by atoms with Crippen LogP contribution in [0.5, 0.6) is 5.75 Å². The van der Waals surface area contributed by atoms with Crippen molar-refractivity contribution in [1.82, 2.24) is 4.98 Å². The molecule has 2 amide bonds. The number of halogens is 4. The molecule has 4 rings (SSSR count). The van der Waals surface area contributed by atoms with Gasteiger partial charge in [-0.05, 0) is 44.5 Å². The first-order chi connectivity index (χ1) is 15.9. The highest BCUT2D eigenvalue weighted by atomic mass is 19.4. The molecule has 1 fully saturated rings. The number of amides is 2. The molecule has 2 aromatic rings. The van der Waals surface area contributed by atoms with E-state index in [9.17, 15) is 37.4 Å². The maximum Gasteiger partial charge on any atom is 0.416 e. The lowest BCUT2D eigenvalue weighted by Gasteiger charge is -2.31. The molecule has 2 N–H and O–H groups in total. The number of carbonyl (C=O) groups is 2. The Morgan fingerprint density at radius 1 is 1.21 bits per heavy atom. The predicted molar refractivity (Wildman–Crippen MR) is 111 cm³/mol. The second-order valence-corrected chi connectivity index (χ2v) is 8.15. The second kappa shape index (κ2) is 8.51. The summed E-state index contributed by atoms with van der Waals surface area (Å²) in [5, 5.41) is 20.8. The number of rotatable bonds is 2. The number of ether oxygens (including phenoxy) is 1. The third kappa shape index (κ3) is 3.96. The van der Waals surface area contributed by atoms with Crippen molar-refractivity contribution in [2.24, 2.45) is 0 Å². The number of aliphatic hydroxyl groups excluding tert-OH is 2. The van der Waals surface area contributed by atoms with Gasteiger partial charge in [0.2, 0.25) is 0 Å². The maximum absolute atomic E-state index is 14.1. The molecule has 0 bridgehead atoms. The van der Waals surface area contributed by atoms with E-state index in [1.165, 1.54) is 24.8 Å². The van der Waals surface area contributed by atoms with E-state index in [0.717, 1.165) is 12.1 Å². The van der Waals surface area contributed by atoms with Crippen LogP contribution in [0.25, 0.3) is 0 Å². The predicted octanol–water partition coefficient (Wildman–Crippen LogP) is 2.11. The van der Waals surface area contributed by atoms with E-state index in [4.69, 9.17) is 4.74 Å². The fraction of sp³-hybridized carbons (Fsp3) is 0.409. The number of fused-ring (bicyclic) bond motifs is 1. The Balaban J connectivity index is 1.80. The van der Waals surface area contributed by atoms with Crippen molar-refractivity contribution in [2.75, 3.05) is 23.0 Å². The molecule has 0 saturated carbocycles.